The molecule has 5 nitrogen and oxygen atoms in total. The van der Waals surface area contributed by atoms with Crippen molar-refractivity contribution in [3.8, 4) is 0 Å². The Labute approximate surface area is 186 Å². The van der Waals surface area contributed by atoms with Crippen molar-refractivity contribution in [2.75, 3.05) is 6.61 Å². The maximum absolute atomic E-state index is 13.8. The summed E-state index contributed by atoms with van der Waals surface area (Å²) in [5, 5.41) is 0.167. The largest absolute Gasteiger partial charge is 0.465 e. The van der Waals surface area contributed by atoms with Crippen molar-refractivity contribution in [2.45, 2.75) is 56.7 Å². The summed E-state index contributed by atoms with van der Waals surface area (Å²) in [4.78, 5) is 28.7. The molecule has 2 aromatic rings. The Morgan fingerprint density at radius 1 is 1.19 bits per heavy atom. The van der Waals surface area contributed by atoms with Gasteiger partial charge < -0.3 is 15.4 Å². The lowest BCUT2D eigenvalue weighted by molar-refractivity contribution is -0.147. The molecular formula is C24H26ClFN2O3. The molecule has 4 rings (SSSR count). The van der Waals surface area contributed by atoms with E-state index in [0.717, 1.165) is 25.7 Å². The minimum absolute atomic E-state index is 0.167. The van der Waals surface area contributed by atoms with E-state index in [9.17, 15) is 14.0 Å². The lowest BCUT2D eigenvalue weighted by Crippen LogP contribution is -2.57. The van der Waals surface area contributed by atoms with E-state index in [1.54, 1.807) is 42.2 Å². The smallest absolute Gasteiger partial charge is 0.315 e. The molecule has 0 aromatic heterocycles. The van der Waals surface area contributed by atoms with Crippen LogP contribution >= 0.6 is 11.6 Å². The van der Waals surface area contributed by atoms with E-state index in [1.165, 1.54) is 12.1 Å². The van der Waals surface area contributed by atoms with Gasteiger partial charge in [0, 0.05) is 22.7 Å². The summed E-state index contributed by atoms with van der Waals surface area (Å²) in [5.41, 5.74) is 8.05. The van der Waals surface area contributed by atoms with E-state index in [-0.39, 0.29) is 29.6 Å². The number of rotatable bonds is 4. The van der Waals surface area contributed by atoms with Crippen LogP contribution in [0.15, 0.2) is 42.5 Å². The highest BCUT2D eigenvalue weighted by Crippen LogP contribution is 2.47. The fourth-order valence-electron chi connectivity index (χ4n) is 4.96. The van der Waals surface area contributed by atoms with Crippen molar-refractivity contribution in [1.29, 1.82) is 0 Å². The fourth-order valence-corrected chi connectivity index (χ4v) is 5.24. The number of fused-ring (bicyclic) bond motifs is 1. The van der Waals surface area contributed by atoms with Crippen LogP contribution < -0.4 is 5.73 Å². The number of amides is 1. The molecule has 7 heteroatoms. The Balaban J connectivity index is 1.94. The summed E-state index contributed by atoms with van der Waals surface area (Å²) in [6.45, 7) is 1.95. The molecule has 2 aliphatic rings. The molecule has 4 atom stereocenters. The molecule has 0 bridgehead atoms. The van der Waals surface area contributed by atoms with Crippen molar-refractivity contribution < 1.29 is 18.7 Å². The summed E-state index contributed by atoms with van der Waals surface area (Å²) in [6.07, 6.45) is 3.47. The third kappa shape index (κ3) is 3.94. The Bertz CT molecular complexity index is 999. The molecule has 0 radical (unpaired) electrons. The van der Waals surface area contributed by atoms with Crippen LogP contribution in [0.3, 0.4) is 0 Å². The molecule has 164 valence electrons. The molecule has 1 aliphatic carbocycles. The maximum Gasteiger partial charge on any atom is 0.315 e. The Morgan fingerprint density at radius 2 is 1.94 bits per heavy atom. The summed E-state index contributed by atoms with van der Waals surface area (Å²) in [6, 6.07) is 9.94. The van der Waals surface area contributed by atoms with Gasteiger partial charge in [-0.05, 0) is 49.1 Å². The number of carbonyl (C=O) groups excluding carboxylic acids is 2. The fraction of sp³-hybridized carbons (Fsp3) is 0.417. The highest BCUT2D eigenvalue weighted by atomic mass is 35.5. The van der Waals surface area contributed by atoms with Crippen molar-refractivity contribution in [2.24, 2.45) is 5.73 Å². The van der Waals surface area contributed by atoms with Crippen LogP contribution in [-0.2, 0) is 9.53 Å². The standard InChI is InChI=1S/C24H26ClFN2O3/c1-2-31-24(30)21-15-7-3-4-8-16(15)23(29)28(20-10-6-5-9-19(20)27)22(21)17-12-11-14(26)13-18(17)25/h3-4,7-8,11-13,19-22H,2,5-6,9-10,27H2,1H3/t19?,20?,21-,22?/m1/s1. The van der Waals surface area contributed by atoms with E-state index in [0.29, 0.717) is 16.7 Å². The third-order valence-corrected chi connectivity index (χ3v) is 6.66. The minimum Gasteiger partial charge on any atom is -0.465 e. The van der Waals surface area contributed by atoms with Gasteiger partial charge in [-0.1, -0.05) is 48.7 Å². The van der Waals surface area contributed by atoms with Crippen LogP contribution in [0.1, 0.15) is 66.1 Å². The van der Waals surface area contributed by atoms with Gasteiger partial charge in [0.15, 0.2) is 0 Å². The zero-order chi connectivity index (χ0) is 22.1. The van der Waals surface area contributed by atoms with Gasteiger partial charge in [0.25, 0.3) is 5.91 Å². The second-order valence-electron chi connectivity index (χ2n) is 8.16. The van der Waals surface area contributed by atoms with Crippen LogP contribution in [0.5, 0.6) is 0 Å². The second-order valence-corrected chi connectivity index (χ2v) is 8.56. The maximum atomic E-state index is 13.8. The summed E-state index contributed by atoms with van der Waals surface area (Å²) < 4.78 is 19.3. The first kappa shape index (κ1) is 21.8. The average molecular weight is 445 g/mol. The molecule has 2 aromatic carbocycles. The monoisotopic (exact) mass is 444 g/mol. The molecule has 0 saturated heterocycles. The van der Waals surface area contributed by atoms with Crippen molar-refractivity contribution in [1.82, 2.24) is 4.90 Å². The lowest BCUT2D eigenvalue weighted by atomic mass is 9.77. The number of nitrogens with zero attached hydrogens (tertiary/aromatic N) is 1. The van der Waals surface area contributed by atoms with Crippen LogP contribution in [0.2, 0.25) is 5.02 Å². The number of benzene rings is 2. The van der Waals surface area contributed by atoms with Crippen LogP contribution in [0, 0.1) is 5.82 Å². The Hall–Kier alpha value is -2.44. The highest BCUT2D eigenvalue weighted by Gasteiger charge is 2.49. The number of ether oxygens (including phenoxy) is 1. The molecule has 0 spiro atoms. The molecule has 1 saturated carbocycles. The minimum atomic E-state index is -0.786. The average Bonchev–Trinajstić information content (AvgIpc) is 2.75. The quantitative estimate of drug-likeness (QED) is 0.700. The Morgan fingerprint density at radius 3 is 2.65 bits per heavy atom. The topological polar surface area (TPSA) is 72.6 Å². The summed E-state index contributed by atoms with van der Waals surface area (Å²) in [7, 11) is 0. The van der Waals surface area contributed by atoms with E-state index < -0.39 is 23.7 Å². The van der Waals surface area contributed by atoms with Crippen LogP contribution in [0.25, 0.3) is 0 Å². The van der Waals surface area contributed by atoms with Gasteiger partial charge in [0.1, 0.15) is 11.7 Å². The van der Waals surface area contributed by atoms with Gasteiger partial charge in [-0.2, -0.15) is 0 Å². The molecule has 1 amide bonds. The molecule has 2 N–H and O–H groups in total. The van der Waals surface area contributed by atoms with E-state index in [2.05, 4.69) is 0 Å². The number of nitrogens with two attached hydrogens (primary N) is 1. The number of hydrogen-bond donors (Lipinski definition) is 1. The zero-order valence-corrected chi connectivity index (χ0v) is 18.1. The second kappa shape index (κ2) is 8.97. The molecule has 1 fully saturated rings. The lowest BCUT2D eigenvalue weighted by Gasteiger charge is -2.48. The van der Waals surface area contributed by atoms with Gasteiger partial charge in [-0.25, -0.2) is 4.39 Å². The molecule has 1 heterocycles. The Kier molecular flexibility index (Phi) is 6.30. The third-order valence-electron chi connectivity index (χ3n) is 6.34. The van der Waals surface area contributed by atoms with Gasteiger partial charge in [-0.15, -0.1) is 0 Å². The predicted molar refractivity (Wildman–Crippen MR) is 116 cm³/mol. The molecule has 31 heavy (non-hydrogen) atoms. The summed E-state index contributed by atoms with van der Waals surface area (Å²) in [5.74, 6) is -1.90. The van der Waals surface area contributed by atoms with Crippen molar-refractivity contribution >= 4 is 23.5 Å². The molecule has 3 unspecified atom stereocenters. The van der Waals surface area contributed by atoms with E-state index in [1.807, 2.05) is 0 Å². The van der Waals surface area contributed by atoms with Gasteiger partial charge in [0.05, 0.1) is 12.6 Å². The number of halogens is 2. The zero-order valence-electron chi connectivity index (χ0n) is 17.4. The molecular weight excluding hydrogens is 419 g/mol. The van der Waals surface area contributed by atoms with Gasteiger partial charge in [-0.3, -0.25) is 9.59 Å². The van der Waals surface area contributed by atoms with Crippen molar-refractivity contribution in [3.05, 3.63) is 70.0 Å². The SMILES string of the molecule is CCOC(=O)[C@@H]1c2ccccc2C(=O)N(C2CCCCC2N)C1c1ccc(F)cc1Cl. The molecule has 1 aliphatic heterocycles. The first-order valence-electron chi connectivity index (χ1n) is 10.7. The number of carbonyl (C=O) groups is 2. The van der Waals surface area contributed by atoms with Crippen LogP contribution in [-0.4, -0.2) is 35.5 Å². The number of esters is 1. The van der Waals surface area contributed by atoms with Crippen LogP contribution in [0.4, 0.5) is 4.39 Å². The van der Waals surface area contributed by atoms with Gasteiger partial charge >= 0.3 is 5.97 Å². The van der Waals surface area contributed by atoms with Gasteiger partial charge in [0.2, 0.25) is 0 Å². The van der Waals surface area contributed by atoms with Crippen molar-refractivity contribution in [3.63, 3.8) is 0 Å². The number of hydrogen-bond acceptors (Lipinski definition) is 4. The first-order chi connectivity index (χ1) is 14.9. The summed E-state index contributed by atoms with van der Waals surface area (Å²) >= 11 is 6.46. The highest BCUT2D eigenvalue weighted by molar-refractivity contribution is 6.31. The van der Waals surface area contributed by atoms with E-state index >= 15 is 0 Å². The normalized spacial score (nSPS) is 25.8. The first-order valence-corrected chi connectivity index (χ1v) is 11.1. The van der Waals surface area contributed by atoms with E-state index in [4.69, 9.17) is 22.1 Å². The predicted octanol–water partition coefficient (Wildman–Crippen LogP) is 4.59.